The normalized spacial score (nSPS) is 11.1. The lowest BCUT2D eigenvalue weighted by Crippen LogP contribution is -2.29. The lowest BCUT2D eigenvalue weighted by Gasteiger charge is -2.22. The molecular formula is C32H30N3O5S+. The molecular weight excluding hydrogens is 538 g/mol. The number of carboxylic acids is 1. The Morgan fingerprint density at radius 2 is 1.66 bits per heavy atom. The zero-order valence-electron chi connectivity index (χ0n) is 23.4. The van der Waals surface area contributed by atoms with Gasteiger partial charge in [0.2, 0.25) is 5.36 Å². The van der Waals surface area contributed by atoms with Crippen molar-refractivity contribution in [2.45, 2.75) is 27.7 Å². The Morgan fingerprint density at radius 3 is 2.32 bits per heavy atom. The highest BCUT2D eigenvalue weighted by atomic mass is 32.1. The lowest BCUT2D eigenvalue weighted by atomic mass is 9.93. The maximum Gasteiger partial charge on any atom is 0.348 e. The van der Waals surface area contributed by atoms with E-state index in [0.717, 1.165) is 37.2 Å². The van der Waals surface area contributed by atoms with E-state index >= 15 is 0 Å². The van der Waals surface area contributed by atoms with Gasteiger partial charge < -0.3 is 18.8 Å². The molecule has 0 bridgehead atoms. The van der Waals surface area contributed by atoms with Crippen molar-refractivity contribution in [2.75, 3.05) is 31.1 Å². The number of hydrogen-bond acceptors (Lipinski definition) is 7. The van der Waals surface area contributed by atoms with Crippen LogP contribution in [-0.2, 0) is 0 Å². The fraction of sp³-hybridized carbons (Fsp3) is 0.250. The summed E-state index contributed by atoms with van der Waals surface area (Å²) in [7, 11) is 0. The molecule has 0 aliphatic carbocycles. The second-order valence-electron chi connectivity index (χ2n) is 9.51. The van der Waals surface area contributed by atoms with E-state index in [2.05, 4.69) is 47.3 Å². The smallest absolute Gasteiger partial charge is 0.348 e. The van der Waals surface area contributed by atoms with Crippen molar-refractivity contribution in [2.24, 2.45) is 4.99 Å². The van der Waals surface area contributed by atoms with E-state index in [9.17, 15) is 14.7 Å². The van der Waals surface area contributed by atoms with Gasteiger partial charge in [-0.2, -0.15) is 4.99 Å². The second kappa shape index (κ2) is 11.5. The second-order valence-corrected chi connectivity index (χ2v) is 9.70. The van der Waals surface area contributed by atoms with Gasteiger partial charge in [0.1, 0.15) is 29.6 Å². The van der Waals surface area contributed by atoms with Gasteiger partial charge in [0.05, 0.1) is 27.9 Å². The topological polar surface area (TPSA) is 99.3 Å². The van der Waals surface area contributed by atoms with Crippen LogP contribution in [0.2, 0.25) is 0 Å². The molecule has 0 aliphatic rings. The standard InChI is InChI=1S/C32H29N3O5S/c1-5-34(6-2)20-10-13-23-26(16-20)39-30-24-14-11-21(35(7-3)8-4)17-27(24)40-32(38)29(30)28(23)22-12-9-19(33-18-41)15-25(22)31(36)37/h9-17H,5-8H2,1-4H3/p+1. The van der Waals surface area contributed by atoms with Gasteiger partial charge in [0.15, 0.2) is 5.58 Å². The van der Waals surface area contributed by atoms with Crippen LogP contribution in [0.4, 0.5) is 11.4 Å². The summed E-state index contributed by atoms with van der Waals surface area (Å²) in [5, 5.41) is 14.8. The number of aromatic carboxylic acids is 1. The average Bonchev–Trinajstić information content (AvgIpc) is 2.97. The number of aliphatic imine (C=N–C) groups is 1. The number of hydrogen-bond donors (Lipinski definition) is 1. The molecule has 0 saturated heterocycles. The third kappa shape index (κ3) is 4.94. The Hall–Kier alpha value is -4.59. The Kier molecular flexibility index (Phi) is 7.83. The maximum absolute atomic E-state index is 13.7. The fourth-order valence-corrected chi connectivity index (χ4v) is 5.54. The molecule has 1 N–H and O–H groups in total. The molecule has 0 radical (unpaired) electrons. The molecule has 0 fully saturated rings. The molecule has 0 atom stereocenters. The molecule has 8 nitrogen and oxygen atoms in total. The predicted octanol–water partition coefficient (Wildman–Crippen LogP) is 6.45. The first kappa shape index (κ1) is 28.0. The van der Waals surface area contributed by atoms with Crippen LogP contribution in [0.3, 0.4) is 0 Å². The van der Waals surface area contributed by atoms with Crippen molar-refractivity contribution in [1.29, 1.82) is 0 Å². The highest BCUT2D eigenvalue weighted by Crippen LogP contribution is 2.40. The summed E-state index contributed by atoms with van der Waals surface area (Å²) in [4.78, 5) is 32.3. The maximum atomic E-state index is 13.7. The Labute approximate surface area is 241 Å². The van der Waals surface area contributed by atoms with Crippen molar-refractivity contribution in [3.63, 3.8) is 0 Å². The number of isothiocyanates is 1. The molecule has 0 saturated carbocycles. The van der Waals surface area contributed by atoms with Crippen LogP contribution in [0.25, 0.3) is 44.0 Å². The van der Waals surface area contributed by atoms with Crippen LogP contribution >= 0.6 is 12.2 Å². The van der Waals surface area contributed by atoms with Crippen molar-refractivity contribution < 1.29 is 18.7 Å². The zero-order valence-corrected chi connectivity index (χ0v) is 24.2. The van der Waals surface area contributed by atoms with Gasteiger partial charge >= 0.3 is 11.6 Å². The van der Waals surface area contributed by atoms with Gasteiger partial charge in [-0.3, -0.25) is 0 Å². The van der Waals surface area contributed by atoms with Crippen LogP contribution < -0.4 is 20.5 Å². The van der Waals surface area contributed by atoms with E-state index in [0.29, 0.717) is 44.3 Å². The largest absolute Gasteiger partial charge is 0.478 e. The predicted molar refractivity (Wildman–Crippen MR) is 167 cm³/mol. The molecule has 2 aromatic heterocycles. The molecule has 5 rings (SSSR count). The van der Waals surface area contributed by atoms with Gasteiger partial charge in [0, 0.05) is 41.9 Å². The molecule has 9 heteroatoms. The first-order valence-electron chi connectivity index (χ1n) is 13.6. The van der Waals surface area contributed by atoms with E-state index < -0.39 is 11.6 Å². The van der Waals surface area contributed by atoms with Crippen molar-refractivity contribution in [3.8, 4) is 11.1 Å². The summed E-state index contributed by atoms with van der Waals surface area (Å²) >= 11 is 4.71. The number of carbonyl (C=O) groups is 1. The number of nitrogens with zero attached hydrogens (tertiary/aromatic N) is 3. The SMILES string of the molecule is CCN(CC)c1ccc2c(-c3ccc(N=C=S)cc3C(=O)O)c3c(=O)oc4cc(=[N+](CC)CC)ccc4c3oc2c1. The number of thiocarbonyl (C=S) groups is 1. The van der Waals surface area contributed by atoms with Crippen molar-refractivity contribution >= 4 is 67.6 Å². The van der Waals surface area contributed by atoms with Gasteiger partial charge in [-0.25, -0.2) is 14.2 Å². The molecule has 2 heterocycles. The van der Waals surface area contributed by atoms with E-state index in [1.807, 2.05) is 36.4 Å². The quantitative estimate of drug-likeness (QED) is 0.0573. The third-order valence-corrected chi connectivity index (χ3v) is 7.57. The number of anilines is 1. The van der Waals surface area contributed by atoms with E-state index in [-0.39, 0.29) is 10.9 Å². The van der Waals surface area contributed by atoms with Crippen LogP contribution in [0, 0.1) is 0 Å². The first-order chi connectivity index (χ1) is 19.8. The minimum atomic E-state index is -1.17. The summed E-state index contributed by atoms with van der Waals surface area (Å²) in [6, 6.07) is 16.1. The summed E-state index contributed by atoms with van der Waals surface area (Å²) < 4.78 is 14.6. The summed E-state index contributed by atoms with van der Waals surface area (Å²) in [6.07, 6.45) is 0. The number of carboxylic acid groups (broad SMARTS) is 1. The molecule has 0 amide bonds. The van der Waals surface area contributed by atoms with E-state index in [4.69, 9.17) is 21.1 Å². The molecule has 0 spiro atoms. The van der Waals surface area contributed by atoms with Crippen LogP contribution in [0.5, 0.6) is 0 Å². The van der Waals surface area contributed by atoms with Crippen molar-refractivity contribution in [1.82, 2.24) is 4.58 Å². The van der Waals surface area contributed by atoms with E-state index in [1.165, 1.54) is 6.07 Å². The van der Waals surface area contributed by atoms with Gasteiger partial charge in [-0.05, 0) is 75.8 Å². The van der Waals surface area contributed by atoms with Gasteiger partial charge in [-0.1, -0.05) is 6.07 Å². The minimum Gasteiger partial charge on any atom is -0.478 e. The molecule has 208 valence electrons. The van der Waals surface area contributed by atoms with Crippen LogP contribution in [-0.4, -0.2) is 42.4 Å². The molecule has 0 aliphatic heterocycles. The molecule has 0 unspecified atom stereocenters. The van der Waals surface area contributed by atoms with Crippen molar-refractivity contribution in [3.05, 3.63) is 75.9 Å². The summed E-state index contributed by atoms with van der Waals surface area (Å²) in [5.41, 5.74) is 2.67. The fourth-order valence-electron chi connectivity index (χ4n) is 5.43. The van der Waals surface area contributed by atoms with Crippen LogP contribution in [0.15, 0.2) is 73.2 Å². The van der Waals surface area contributed by atoms with E-state index in [1.54, 1.807) is 12.1 Å². The highest BCUT2D eigenvalue weighted by molar-refractivity contribution is 7.78. The van der Waals surface area contributed by atoms with Gasteiger partial charge in [0.25, 0.3) is 0 Å². The Morgan fingerprint density at radius 1 is 0.951 bits per heavy atom. The van der Waals surface area contributed by atoms with Gasteiger partial charge in [-0.15, -0.1) is 0 Å². The third-order valence-electron chi connectivity index (χ3n) is 7.48. The number of rotatable bonds is 8. The Balaban J connectivity index is 1.99. The summed E-state index contributed by atoms with van der Waals surface area (Å²) in [5.74, 6) is -1.17. The number of fused-ring (bicyclic) bond motifs is 4. The zero-order chi connectivity index (χ0) is 29.3. The summed E-state index contributed by atoms with van der Waals surface area (Å²) in [6.45, 7) is 11.5. The molecule has 3 aromatic carbocycles. The first-order valence-corrected chi connectivity index (χ1v) is 14.0. The minimum absolute atomic E-state index is 0.0329. The Bertz CT molecular complexity index is 2010. The highest BCUT2D eigenvalue weighted by Gasteiger charge is 2.24. The number of benzene rings is 3. The molecule has 41 heavy (non-hydrogen) atoms. The lowest BCUT2D eigenvalue weighted by molar-refractivity contribution is 0.0697. The monoisotopic (exact) mass is 568 g/mol. The molecule has 5 aromatic rings. The average molecular weight is 569 g/mol. The van der Waals surface area contributed by atoms with Crippen LogP contribution in [0.1, 0.15) is 38.1 Å².